The van der Waals surface area contributed by atoms with Crippen LogP contribution in [0.1, 0.15) is 24.3 Å². The Kier molecular flexibility index (Phi) is 4.67. The van der Waals surface area contributed by atoms with Gasteiger partial charge in [-0.25, -0.2) is 0 Å². The van der Waals surface area contributed by atoms with Crippen LogP contribution in [0.25, 0.3) is 5.69 Å². The average Bonchev–Trinajstić information content (AvgIpc) is 3.33. The average molecular weight is 376 g/mol. The number of thioether (sulfide) groups is 1. The van der Waals surface area contributed by atoms with Crippen LogP contribution in [-0.2, 0) is 5.75 Å². The summed E-state index contributed by atoms with van der Waals surface area (Å²) in [7, 11) is 0. The maximum Gasteiger partial charge on any atom is 0.232 e. The predicted molar refractivity (Wildman–Crippen MR) is 98.6 cm³/mol. The van der Waals surface area contributed by atoms with Gasteiger partial charge in [-0.15, -0.1) is 10.2 Å². The van der Waals surface area contributed by atoms with E-state index in [0.29, 0.717) is 10.8 Å². The third-order valence-corrected chi connectivity index (χ3v) is 5.39. The van der Waals surface area contributed by atoms with Crippen molar-refractivity contribution in [2.24, 2.45) is 0 Å². The molecule has 1 aliphatic heterocycles. The maximum absolute atomic E-state index is 6.45. The molecule has 25 heavy (non-hydrogen) atoms. The van der Waals surface area contributed by atoms with Crippen molar-refractivity contribution in [1.82, 2.24) is 19.9 Å². The van der Waals surface area contributed by atoms with Crippen LogP contribution in [-0.4, -0.2) is 33.0 Å². The first kappa shape index (κ1) is 16.5. The van der Waals surface area contributed by atoms with Gasteiger partial charge in [-0.05, 0) is 31.9 Å². The maximum atomic E-state index is 6.45. The Balaban J connectivity index is 1.69. The number of nitrogens with zero attached hydrogens (tertiary/aromatic N) is 5. The van der Waals surface area contributed by atoms with Crippen molar-refractivity contribution in [1.29, 1.82) is 0 Å². The smallest absolute Gasteiger partial charge is 0.232 e. The topological polar surface area (TPSA) is 60.0 Å². The summed E-state index contributed by atoms with van der Waals surface area (Å²) in [5.74, 6) is 2.31. The normalized spacial score (nSPS) is 14.4. The molecule has 1 aliphatic rings. The molecule has 130 valence electrons. The van der Waals surface area contributed by atoms with Gasteiger partial charge in [0.25, 0.3) is 0 Å². The van der Waals surface area contributed by atoms with Crippen LogP contribution >= 0.6 is 23.4 Å². The molecule has 1 saturated heterocycles. The minimum Gasteiger partial charge on any atom is -0.360 e. The van der Waals surface area contributed by atoms with Gasteiger partial charge in [0.1, 0.15) is 5.76 Å². The summed E-state index contributed by atoms with van der Waals surface area (Å²) < 4.78 is 7.34. The van der Waals surface area contributed by atoms with Crippen molar-refractivity contribution >= 4 is 29.3 Å². The molecule has 0 spiro atoms. The Bertz CT molecular complexity index is 872. The Hall–Kier alpha value is -1.99. The lowest BCUT2D eigenvalue weighted by Crippen LogP contribution is -2.22. The molecular weight excluding hydrogens is 358 g/mol. The molecule has 2 aromatic heterocycles. The molecule has 1 aromatic carbocycles. The molecule has 4 rings (SSSR count). The first-order chi connectivity index (χ1) is 12.2. The highest BCUT2D eigenvalue weighted by Gasteiger charge is 2.23. The number of anilines is 1. The van der Waals surface area contributed by atoms with E-state index < -0.39 is 0 Å². The number of aryl methyl sites for hydroxylation is 1. The first-order valence-electron chi connectivity index (χ1n) is 8.22. The highest BCUT2D eigenvalue weighted by atomic mass is 35.5. The summed E-state index contributed by atoms with van der Waals surface area (Å²) in [5.41, 5.74) is 1.77. The molecule has 0 aliphatic carbocycles. The number of rotatable bonds is 5. The van der Waals surface area contributed by atoms with Gasteiger partial charge in [0.05, 0.1) is 22.2 Å². The van der Waals surface area contributed by atoms with Gasteiger partial charge in [-0.2, -0.15) is 0 Å². The lowest BCUT2D eigenvalue weighted by Gasteiger charge is -2.18. The first-order valence-corrected chi connectivity index (χ1v) is 9.59. The fraction of sp³-hybridized carbons (Fsp3) is 0.353. The van der Waals surface area contributed by atoms with E-state index in [-0.39, 0.29) is 0 Å². The van der Waals surface area contributed by atoms with Crippen molar-refractivity contribution < 1.29 is 4.52 Å². The van der Waals surface area contributed by atoms with Crippen LogP contribution in [0.2, 0.25) is 5.02 Å². The van der Waals surface area contributed by atoms with E-state index >= 15 is 0 Å². The molecule has 0 bridgehead atoms. The highest BCUT2D eigenvalue weighted by Crippen LogP contribution is 2.33. The van der Waals surface area contributed by atoms with E-state index in [9.17, 15) is 0 Å². The lowest BCUT2D eigenvalue weighted by molar-refractivity contribution is 0.391. The van der Waals surface area contributed by atoms with Crippen LogP contribution in [0.15, 0.2) is 40.0 Å². The van der Waals surface area contributed by atoms with Crippen molar-refractivity contribution in [3.8, 4) is 5.69 Å². The minimum absolute atomic E-state index is 0.642. The molecule has 0 radical (unpaired) electrons. The number of benzene rings is 1. The largest absolute Gasteiger partial charge is 0.360 e. The van der Waals surface area contributed by atoms with E-state index in [1.807, 2.05) is 41.8 Å². The molecule has 6 nitrogen and oxygen atoms in total. The van der Waals surface area contributed by atoms with Crippen LogP contribution in [0.4, 0.5) is 5.95 Å². The van der Waals surface area contributed by atoms with Gasteiger partial charge >= 0.3 is 0 Å². The van der Waals surface area contributed by atoms with Crippen molar-refractivity contribution in [3.05, 3.63) is 46.8 Å². The zero-order chi connectivity index (χ0) is 17.2. The second-order valence-electron chi connectivity index (χ2n) is 5.99. The van der Waals surface area contributed by atoms with Crippen LogP contribution in [0.5, 0.6) is 0 Å². The van der Waals surface area contributed by atoms with Gasteiger partial charge in [-0.3, -0.25) is 4.57 Å². The molecule has 3 heterocycles. The molecule has 8 heteroatoms. The van der Waals surface area contributed by atoms with Gasteiger partial charge in [-0.1, -0.05) is 40.7 Å². The molecule has 0 unspecified atom stereocenters. The zero-order valence-corrected chi connectivity index (χ0v) is 15.4. The number of halogens is 1. The monoisotopic (exact) mass is 375 g/mol. The van der Waals surface area contributed by atoms with E-state index in [2.05, 4.69) is 20.3 Å². The van der Waals surface area contributed by atoms with Gasteiger partial charge in [0.2, 0.25) is 5.95 Å². The van der Waals surface area contributed by atoms with Gasteiger partial charge < -0.3 is 9.42 Å². The summed E-state index contributed by atoms with van der Waals surface area (Å²) in [4.78, 5) is 2.26. The summed E-state index contributed by atoms with van der Waals surface area (Å²) in [6, 6.07) is 9.72. The van der Waals surface area contributed by atoms with Gasteiger partial charge in [0, 0.05) is 19.2 Å². The molecule has 1 fully saturated rings. The van der Waals surface area contributed by atoms with Crippen LogP contribution in [0, 0.1) is 6.92 Å². The number of aromatic nitrogens is 4. The quantitative estimate of drug-likeness (QED) is 0.625. The number of hydrogen-bond donors (Lipinski definition) is 0. The standard InChI is InChI=1S/C17H18ClN5OS/c1-12-10-13(24-21-12)11-25-17-20-19-16(22-8-4-5-9-22)23(17)15-7-3-2-6-14(15)18/h2-3,6-7,10H,4-5,8-9,11H2,1H3. The molecule has 0 N–H and O–H groups in total. The summed E-state index contributed by atoms with van der Waals surface area (Å²) in [5, 5.41) is 14.3. The Labute approximate surface area is 155 Å². The van der Waals surface area contributed by atoms with Crippen LogP contribution in [0.3, 0.4) is 0 Å². The molecule has 3 aromatic rings. The highest BCUT2D eigenvalue weighted by molar-refractivity contribution is 7.98. The summed E-state index contributed by atoms with van der Waals surface area (Å²) in [6.07, 6.45) is 2.35. The lowest BCUT2D eigenvalue weighted by atomic mass is 10.3. The summed E-state index contributed by atoms with van der Waals surface area (Å²) >= 11 is 8.02. The van der Waals surface area contributed by atoms with Crippen molar-refractivity contribution in [2.75, 3.05) is 18.0 Å². The molecule has 0 amide bonds. The fourth-order valence-corrected chi connectivity index (χ4v) is 3.98. The minimum atomic E-state index is 0.642. The van der Waals surface area contributed by atoms with E-state index in [1.54, 1.807) is 11.8 Å². The Morgan fingerprint density at radius 3 is 2.72 bits per heavy atom. The third-order valence-electron chi connectivity index (χ3n) is 4.12. The fourth-order valence-electron chi connectivity index (χ4n) is 2.94. The van der Waals surface area contributed by atoms with Crippen molar-refractivity contribution in [3.63, 3.8) is 0 Å². The Morgan fingerprint density at radius 1 is 1.20 bits per heavy atom. The van der Waals surface area contributed by atoms with Crippen molar-refractivity contribution in [2.45, 2.75) is 30.7 Å². The molecule has 0 atom stereocenters. The predicted octanol–water partition coefficient (Wildman–Crippen LogP) is 4.11. The SMILES string of the molecule is Cc1cc(CSc2nnc(N3CCCC3)n2-c2ccccc2Cl)on1. The summed E-state index contributed by atoms with van der Waals surface area (Å²) in [6.45, 7) is 3.90. The van der Waals surface area contributed by atoms with Crippen LogP contribution < -0.4 is 4.90 Å². The number of hydrogen-bond acceptors (Lipinski definition) is 6. The third kappa shape index (κ3) is 3.39. The molecule has 0 saturated carbocycles. The second kappa shape index (κ2) is 7.09. The Morgan fingerprint density at radius 2 is 2.00 bits per heavy atom. The number of para-hydroxylation sites is 1. The second-order valence-corrected chi connectivity index (χ2v) is 7.34. The van der Waals surface area contributed by atoms with E-state index in [0.717, 1.165) is 41.3 Å². The van der Waals surface area contributed by atoms with Gasteiger partial charge in [0.15, 0.2) is 5.16 Å². The van der Waals surface area contributed by atoms with E-state index in [1.165, 1.54) is 12.8 Å². The zero-order valence-electron chi connectivity index (χ0n) is 13.9. The van der Waals surface area contributed by atoms with E-state index in [4.69, 9.17) is 16.1 Å². The molecular formula is C17H18ClN5OS.